The van der Waals surface area contributed by atoms with Gasteiger partial charge in [0.25, 0.3) is 5.91 Å². The predicted molar refractivity (Wildman–Crippen MR) is 79.5 cm³/mol. The fraction of sp³-hybridized carbons (Fsp3) is 0.375. The Kier molecular flexibility index (Phi) is 3.40. The zero-order valence-electron chi connectivity index (χ0n) is 11.4. The molecular weight excluding hydrogens is 250 g/mol. The van der Waals surface area contributed by atoms with Crippen molar-refractivity contribution < 1.29 is 4.79 Å². The topological polar surface area (TPSA) is 68.0 Å². The summed E-state index contributed by atoms with van der Waals surface area (Å²) in [5.74, 6) is -0.0679. The molecule has 0 saturated heterocycles. The molecule has 0 bridgehead atoms. The molecule has 1 heterocycles. The Bertz CT molecular complexity index is 627. The van der Waals surface area contributed by atoms with E-state index in [-0.39, 0.29) is 11.4 Å². The van der Waals surface area contributed by atoms with Crippen molar-refractivity contribution >= 4 is 16.8 Å². The lowest BCUT2D eigenvalue weighted by Gasteiger charge is -2.28. The van der Waals surface area contributed by atoms with Crippen LogP contribution in [0.1, 0.15) is 36.0 Å². The fourth-order valence-corrected chi connectivity index (χ4v) is 3.03. The van der Waals surface area contributed by atoms with Crippen molar-refractivity contribution in [3.05, 3.63) is 42.1 Å². The molecule has 3 N–H and O–H groups in total. The highest BCUT2D eigenvalue weighted by molar-refractivity contribution is 6.05. The lowest BCUT2D eigenvalue weighted by atomic mass is 9.97. The molecular formula is C16H19N3O. The summed E-state index contributed by atoms with van der Waals surface area (Å²) in [6.45, 7) is 0.497. The quantitative estimate of drug-likeness (QED) is 0.898. The Morgan fingerprint density at radius 2 is 2.00 bits per heavy atom. The molecule has 0 atom stereocenters. The minimum absolute atomic E-state index is 0.0679. The highest BCUT2D eigenvalue weighted by Gasteiger charge is 2.34. The molecule has 20 heavy (non-hydrogen) atoms. The van der Waals surface area contributed by atoms with E-state index in [9.17, 15) is 4.79 Å². The molecule has 104 valence electrons. The lowest BCUT2D eigenvalue weighted by molar-refractivity contribution is 0.0904. The summed E-state index contributed by atoms with van der Waals surface area (Å²) in [7, 11) is 0. The third-order valence-corrected chi connectivity index (χ3v) is 4.21. The number of hydrogen-bond donors (Lipinski definition) is 2. The van der Waals surface area contributed by atoms with Crippen LogP contribution in [0.25, 0.3) is 10.9 Å². The van der Waals surface area contributed by atoms with E-state index in [1.54, 1.807) is 6.20 Å². The number of nitrogens with zero attached hydrogens (tertiary/aromatic N) is 1. The number of aromatic nitrogens is 1. The van der Waals surface area contributed by atoms with Gasteiger partial charge in [-0.05, 0) is 25.0 Å². The maximum absolute atomic E-state index is 12.6. The van der Waals surface area contributed by atoms with Crippen LogP contribution in [0, 0.1) is 0 Å². The number of carbonyl (C=O) groups is 1. The standard InChI is InChI=1S/C16H19N3O/c17-11-16(8-1-2-9-16)19-15(20)13-7-3-5-12-6-4-10-18-14(12)13/h3-7,10H,1-2,8-9,11,17H2,(H,19,20). The highest BCUT2D eigenvalue weighted by Crippen LogP contribution is 2.29. The molecule has 0 radical (unpaired) electrons. The molecule has 1 aliphatic rings. The molecule has 1 aromatic carbocycles. The number of para-hydroxylation sites is 1. The van der Waals surface area contributed by atoms with E-state index in [1.807, 2.05) is 30.3 Å². The number of nitrogens with two attached hydrogens (primary N) is 1. The van der Waals surface area contributed by atoms with Crippen molar-refractivity contribution in [2.75, 3.05) is 6.54 Å². The fourth-order valence-electron chi connectivity index (χ4n) is 3.03. The molecule has 1 aliphatic carbocycles. The van der Waals surface area contributed by atoms with Gasteiger partial charge in [-0.25, -0.2) is 0 Å². The Balaban J connectivity index is 1.93. The van der Waals surface area contributed by atoms with Gasteiger partial charge in [0.15, 0.2) is 0 Å². The second-order valence-corrected chi connectivity index (χ2v) is 5.53. The van der Waals surface area contributed by atoms with Crippen LogP contribution >= 0.6 is 0 Å². The SMILES string of the molecule is NCC1(NC(=O)c2cccc3cccnc23)CCCC1. The number of rotatable bonds is 3. The third kappa shape index (κ3) is 2.27. The van der Waals surface area contributed by atoms with E-state index in [0.29, 0.717) is 12.1 Å². The van der Waals surface area contributed by atoms with Crippen LogP contribution in [-0.2, 0) is 0 Å². The number of carbonyl (C=O) groups excluding carboxylic acids is 1. The predicted octanol–water partition coefficient (Wildman–Crippen LogP) is 2.24. The number of fused-ring (bicyclic) bond motifs is 1. The van der Waals surface area contributed by atoms with Crippen molar-refractivity contribution in [2.45, 2.75) is 31.2 Å². The third-order valence-electron chi connectivity index (χ3n) is 4.21. The van der Waals surface area contributed by atoms with Crippen LogP contribution in [0.4, 0.5) is 0 Å². The average molecular weight is 269 g/mol. The zero-order chi connectivity index (χ0) is 14.0. The summed E-state index contributed by atoms with van der Waals surface area (Å²) in [5.41, 5.74) is 7.02. The summed E-state index contributed by atoms with van der Waals surface area (Å²) in [4.78, 5) is 16.9. The molecule has 4 nitrogen and oxygen atoms in total. The Hall–Kier alpha value is -1.94. The summed E-state index contributed by atoms with van der Waals surface area (Å²) in [6.07, 6.45) is 5.91. The molecule has 0 spiro atoms. The number of nitrogens with one attached hydrogen (secondary N) is 1. The molecule has 3 rings (SSSR count). The van der Waals surface area contributed by atoms with Gasteiger partial charge in [-0.15, -0.1) is 0 Å². The monoisotopic (exact) mass is 269 g/mol. The lowest BCUT2D eigenvalue weighted by Crippen LogP contribution is -2.51. The van der Waals surface area contributed by atoms with Gasteiger partial charge in [-0.2, -0.15) is 0 Å². The van der Waals surface area contributed by atoms with E-state index in [4.69, 9.17) is 5.73 Å². The summed E-state index contributed by atoms with van der Waals surface area (Å²) in [6, 6.07) is 9.52. The largest absolute Gasteiger partial charge is 0.345 e. The summed E-state index contributed by atoms with van der Waals surface area (Å²) >= 11 is 0. The van der Waals surface area contributed by atoms with Crippen LogP contribution in [0.2, 0.25) is 0 Å². The average Bonchev–Trinajstić information content (AvgIpc) is 2.95. The molecule has 1 saturated carbocycles. The number of benzene rings is 1. The molecule has 1 amide bonds. The second kappa shape index (κ2) is 5.21. The molecule has 1 aromatic heterocycles. The van der Waals surface area contributed by atoms with E-state index in [2.05, 4.69) is 10.3 Å². The van der Waals surface area contributed by atoms with E-state index < -0.39 is 0 Å². The maximum Gasteiger partial charge on any atom is 0.253 e. The molecule has 0 aliphatic heterocycles. The van der Waals surface area contributed by atoms with Crippen molar-refractivity contribution in [2.24, 2.45) is 5.73 Å². The van der Waals surface area contributed by atoms with Gasteiger partial charge < -0.3 is 11.1 Å². The smallest absolute Gasteiger partial charge is 0.253 e. The second-order valence-electron chi connectivity index (χ2n) is 5.53. The molecule has 1 fully saturated rings. The Morgan fingerprint density at radius 1 is 1.25 bits per heavy atom. The van der Waals surface area contributed by atoms with Crippen LogP contribution in [0.3, 0.4) is 0 Å². The summed E-state index contributed by atoms with van der Waals surface area (Å²) < 4.78 is 0. The molecule has 2 aromatic rings. The Morgan fingerprint density at radius 3 is 2.75 bits per heavy atom. The number of pyridine rings is 1. The van der Waals surface area contributed by atoms with E-state index in [0.717, 1.165) is 36.6 Å². The van der Waals surface area contributed by atoms with E-state index in [1.165, 1.54) is 0 Å². The normalized spacial score (nSPS) is 17.2. The van der Waals surface area contributed by atoms with Gasteiger partial charge in [0.2, 0.25) is 0 Å². The van der Waals surface area contributed by atoms with Crippen molar-refractivity contribution in [1.29, 1.82) is 0 Å². The first-order valence-corrected chi connectivity index (χ1v) is 7.10. The minimum atomic E-state index is -0.228. The number of amides is 1. The van der Waals surface area contributed by atoms with Gasteiger partial charge in [0.05, 0.1) is 16.6 Å². The highest BCUT2D eigenvalue weighted by atomic mass is 16.1. The van der Waals surface area contributed by atoms with Crippen LogP contribution < -0.4 is 11.1 Å². The van der Waals surface area contributed by atoms with Crippen LogP contribution in [0.15, 0.2) is 36.5 Å². The van der Waals surface area contributed by atoms with Crippen molar-refractivity contribution in [3.8, 4) is 0 Å². The van der Waals surface area contributed by atoms with Gasteiger partial charge in [-0.3, -0.25) is 9.78 Å². The van der Waals surface area contributed by atoms with Gasteiger partial charge in [0.1, 0.15) is 0 Å². The van der Waals surface area contributed by atoms with Gasteiger partial charge in [-0.1, -0.05) is 31.0 Å². The first-order valence-electron chi connectivity index (χ1n) is 7.10. The first-order chi connectivity index (χ1) is 9.74. The van der Waals surface area contributed by atoms with E-state index >= 15 is 0 Å². The van der Waals surface area contributed by atoms with Crippen LogP contribution in [0.5, 0.6) is 0 Å². The van der Waals surface area contributed by atoms with Crippen molar-refractivity contribution in [3.63, 3.8) is 0 Å². The van der Waals surface area contributed by atoms with Crippen molar-refractivity contribution in [1.82, 2.24) is 10.3 Å². The zero-order valence-corrected chi connectivity index (χ0v) is 11.4. The Labute approximate surface area is 118 Å². The minimum Gasteiger partial charge on any atom is -0.345 e. The summed E-state index contributed by atoms with van der Waals surface area (Å²) in [5, 5.41) is 4.13. The van der Waals surface area contributed by atoms with Gasteiger partial charge in [0, 0.05) is 18.1 Å². The van der Waals surface area contributed by atoms with Crippen LogP contribution in [-0.4, -0.2) is 23.0 Å². The first kappa shape index (κ1) is 13.1. The maximum atomic E-state index is 12.6. The molecule has 4 heteroatoms. The number of hydrogen-bond acceptors (Lipinski definition) is 3. The van der Waals surface area contributed by atoms with Gasteiger partial charge >= 0.3 is 0 Å². The molecule has 0 unspecified atom stereocenters.